The Labute approximate surface area is 344 Å². The smallest absolute Gasteiger partial charge is 0.423 e. The van der Waals surface area contributed by atoms with Crippen LogP contribution in [-0.2, 0) is 0 Å². The van der Waals surface area contributed by atoms with E-state index in [4.69, 9.17) is 9.97 Å². The molecule has 16 heteroatoms. The van der Waals surface area contributed by atoms with Crippen LogP contribution in [0, 0.1) is 0 Å². The Bertz CT molecular complexity index is 2830. The Kier molecular flexibility index (Phi) is 10.3. The van der Waals surface area contributed by atoms with E-state index >= 15 is 0 Å². The van der Waals surface area contributed by atoms with Crippen LogP contribution in [0.25, 0.3) is 90.9 Å². The van der Waals surface area contributed by atoms with E-state index in [-0.39, 0.29) is 0 Å². The second kappa shape index (κ2) is 15.9. The molecule has 10 N–H and O–H groups in total. The highest BCUT2D eigenvalue weighted by atomic mass is 16.4. The molecule has 4 aromatic carbocycles. The van der Waals surface area contributed by atoms with Crippen molar-refractivity contribution >= 4 is 96.7 Å². The first-order chi connectivity index (χ1) is 29.0. The Morgan fingerprint density at radius 3 is 0.800 bits per heavy atom. The van der Waals surface area contributed by atoms with E-state index in [1.165, 1.54) is 0 Å². The monoisotopic (exact) mass is 790 g/mol. The van der Waals surface area contributed by atoms with Gasteiger partial charge in [0.15, 0.2) is 0 Å². The molecule has 0 atom stereocenters. The van der Waals surface area contributed by atoms with Gasteiger partial charge in [0, 0.05) is 44.3 Å². The van der Waals surface area contributed by atoms with Crippen LogP contribution in [-0.4, -0.2) is 88.6 Å². The zero-order valence-electron chi connectivity index (χ0n) is 31.6. The number of nitrogens with zero attached hydrogens (tertiary/aromatic N) is 2. The lowest BCUT2D eigenvalue weighted by molar-refractivity contribution is 0.424. The summed E-state index contributed by atoms with van der Waals surface area (Å²) in [6.45, 7) is 0. The molecule has 8 bridgehead atoms. The normalized spacial score (nSPS) is 11.9. The molecule has 7 aromatic rings. The van der Waals surface area contributed by atoms with Crippen LogP contribution in [0.15, 0.2) is 121 Å². The number of benzene rings is 4. The predicted molar refractivity (Wildman–Crippen MR) is 240 cm³/mol. The summed E-state index contributed by atoms with van der Waals surface area (Å²) >= 11 is 0. The number of aromatic amines is 2. The first kappa shape index (κ1) is 38.9. The zero-order valence-corrected chi connectivity index (χ0v) is 31.6. The topological polar surface area (TPSA) is 219 Å². The van der Waals surface area contributed by atoms with E-state index in [2.05, 4.69) is 9.97 Å². The van der Waals surface area contributed by atoms with Crippen molar-refractivity contribution in [3.05, 3.63) is 144 Å². The minimum Gasteiger partial charge on any atom is -0.423 e. The summed E-state index contributed by atoms with van der Waals surface area (Å²) in [6.07, 6.45) is 7.61. The lowest BCUT2D eigenvalue weighted by Gasteiger charge is -2.08. The molecule has 0 aliphatic carbocycles. The largest absolute Gasteiger partial charge is 0.488 e. The zero-order chi connectivity index (χ0) is 41.7. The highest BCUT2D eigenvalue weighted by molar-refractivity contribution is 6.59. The second-order valence-corrected chi connectivity index (χ2v) is 14.5. The molecule has 0 radical (unpaired) electrons. The molecule has 5 heterocycles. The summed E-state index contributed by atoms with van der Waals surface area (Å²) in [7, 11) is -6.59. The van der Waals surface area contributed by atoms with Crippen LogP contribution >= 0.6 is 0 Å². The third-order valence-corrected chi connectivity index (χ3v) is 10.7. The van der Waals surface area contributed by atoms with Gasteiger partial charge in [0.25, 0.3) is 0 Å². The van der Waals surface area contributed by atoms with Gasteiger partial charge in [-0.25, -0.2) is 9.97 Å². The molecule has 2 aliphatic heterocycles. The molecule has 0 unspecified atom stereocenters. The van der Waals surface area contributed by atoms with Gasteiger partial charge in [0.2, 0.25) is 0 Å². The van der Waals surface area contributed by atoms with Crippen LogP contribution in [0.5, 0.6) is 0 Å². The van der Waals surface area contributed by atoms with E-state index in [1.807, 2.05) is 60.7 Å². The summed E-state index contributed by atoms with van der Waals surface area (Å²) in [6, 6.07) is 35.4. The summed E-state index contributed by atoms with van der Waals surface area (Å²) < 4.78 is 0. The molecule has 2 aliphatic rings. The third-order valence-electron chi connectivity index (χ3n) is 10.7. The molecule has 0 amide bonds. The number of fused-ring (bicyclic) bond motifs is 8. The van der Waals surface area contributed by atoms with Crippen LogP contribution in [0.4, 0.5) is 0 Å². The van der Waals surface area contributed by atoms with Crippen molar-refractivity contribution in [2.45, 2.75) is 0 Å². The van der Waals surface area contributed by atoms with Crippen molar-refractivity contribution in [2.24, 2.45) is 0 Å². The molecule has 3 aromatic heterocycles. The third kappa shape index (κ3) is 7.34. The van der Waals surface area contributed by atoms with Gasteiger partial charge in [-0.15, -0.1) is 0 Å². The second-order valence-electron chi connectivity index (χ2n) is 14.5. The van der Waals surface area contributed by atoms with Gasteiger partial charge < -0.3 is 50.2 Å². The van der Waals surface area contributed by atoms with E-state index in [0.717, 1.165) is 50.0 Å². The van der Waals surface area contributed by atoms with Gasteiger partial charge in [-0.1, -0.05) is 97.1 Å². The Hall–Kier alpha value is -6.58. The molecule has 0 spiro atoms. The van der Waals surface area contributed by atoms with Crippen molar-refractivity contribution in [2.75, 3.05) is 0 Å². The lowest BCUT2D eigenvalue weighted by atomic mass is 9.79. The standard InChI is InChI=1S/C44H34B4N4O8/c53-45(54)29-9-1-25(2-10-29)41-33-17-19-35(49-33)42(26-3-11-30(12-4-26)46(55)56)37-21-23-39(51-37)44(28-7-15-32(16-8-28)48(59)60)40-24-22-38(52-40)43(36-20-18-34(41)50-36)27-5-13-31(14-6-27)47(57)58/h1-24,49-50,53-60H. The van der Waals surface area contributed by atoms with E-state index < -0.39 is 28.5 Å². The number of aromatic nitrogens is 4. The predicted octanol–water partition coefficient (Wildman–Crippen LogP) is 2.04. The number of hydrogen-bond donors (Lipinski definition) is 10. The maximum atomic E-state index is 9.89. The molecule has 9 rings (SSSR count). The fourth-order valence-electron chi connectivity index (χ4n) is 7.71. The maximum Gasteiger partial charge on any atom is 0.488 e. The molecule has 290 valence electrons. The minimum atomic E-state index is -1.65. The summed E-state index contributed by atoms with van der Waals surface area (Å²) in [4.78, 5) is 17.7. The Balaban J connectivity index is 1.42. The van der Waals surface area contributed by atoms with Gasteiger partial charge in [-0.05, 0) is 92.7 Å². The fraction of sp³-hybridized carbons (Fsp3) is 0. The summed E-state index contributed by atoms with van der Waals surface area (Å²) in [5, 5.41) is 79.1. The fourth-order valence-corrected chi connectivity index (χ4v) is 7.71. The molecule has 60 heavy (non-hydrogen) atoms. The number of H-pyrrole nitrogens is 2. The Morgan fingerprint density at radius 2 is 0.517 bits per heavy atom. The summed E-state index contributed by atoms with van der Waals surface area (Å²) in [5.74, 6) is 0. The number of nitrogens with one attached hydrogen (secondary N) is 2. The van der Waals surface area contributed by atoms with Gasteiger partial charge in [0.1, 0.15) is 0 Å². The van der Waals surface area contributed by atoms with Crippen molar-refractivity contribution in [1.29, 1.82) is 0 Å². The van der Waals surface area contributed by atoms with Crippen molar-refractivity contribution in [1.82, 2.24) is 19.9 Å². The minimum absolute atomic E-state index is 0.321. The van der Waals surface area contributed by atoms with Gasteiger partial charge >= 0.3 is 28.5 Å². The van der Waals surface area contributed by atoms with Crippen LogP contribution < -0.4 is 21.9 Å². The Morgan fingerprint density at radius 1 is 0.283 bits per heavy atom. The first-order valence-electron chi connectivity index (χ1n) is 19.0. The maximum absolute atomic E-state index is 9.89. The van der Waals surface area contributed by atoms with Gasteiger partial charge in [-0.3, -0.25) is 0 Å². The van der Waals surface area contributed by atoms with Crippen molar-refractivity contribution in [3.63, 3.8) is 0 Å². The average molecular weight is 790 g/mol. The molecule has 0 saturated heterocycles. The van der Waals surface area contributed by atoms with Gasteiger partial charge in [-0.2, -0.15) is 0 Å². The van der Waals surface area contributed by atoms with Crippen molar-refractivity contribution < 1.29 is 40.2 Å². The molecule has 0 fully saturated rings. The van der Waals surface area contributed by atoms with Gasteiger partial charge in [0.05, 0.1) is 22.8 Å². The van der Waals surface area contributed by atoms with Crippen LogP contribution in [0.3, 0.4) is 0 Å². The van der Waals surface area contributed by atoms with E-state index in [0.29, 0.717) is 61.2 Å². The quantitative estimate of drug-likeness (QED) is 0.101. The van der Waals surface area contributed by atoms with E-state index in [1.54, 1.807) is 84.9 Å². The average Bonchev–Trinajstić information content (AvgIpc) is 4.10. The SMILES string of the molecule is OB(O)c1ccc(-c2c3nc(c(-c4ccc(B(O)O)cc4)c4ccc([nH]4)c(-c4ccc(B(O)O)cc4)c4ccc([nH]4)c(-c4ccc(B(O)O)cc4)c4nc2C=C4)C=C3)cc1. The molecular weight excluding hydrogens is 756 g/mol. The molecular formula is C44H34B4N4O8. The van der Waals surface area contributed by atoms with E-state index in [9.17, 15) is 40.2 Å². The van der Waals surface area contributed by atoms with Crippen LogP contribution in [0.1, 0.15) is 22.8 Å². The highest BCUT2D eigenvalue weighted by Crippen LogP contribution is 2.38. The van der Waals surface area contributed by atoms with Crippen LogP contribution in [0.2, 0.25) is 0 Å². The number of rotatable bonds is 8. The summed E-state index contributed by atoms with van der Waals surface area (Å²) in [5.41, 5.74) is 12.5. The van der Waals surface area contributed by atoms with Crippen molar-refractivity contribution in [3.8, 4) is 44.5 Å². The first-order valence-corrected chi connectivity index (χ1v) is 19.0. The number of hydrogen-bond acceptors (Lipinski definition) is 10. The molecule has 12 nitrogen and oxygen atoms in total. The molecule has 0 saturated carbocycles. The highest BCUT2D eigenvalue weighted by Gasteiger charge is 2.22. The lowest BCUT2D eigenvalue weighted by Crippen LogP contribution is -2.29.